The topological polar surface area (TPSA) is 112 Å². The van der Waals surface area contributed by atoms with E-state index in [1.807, 2.05) is 6.07 Å². The highest BCUT2D eigenvalue weighted by atomic mass is 32.2. The molecule has 1 N–H and O–H groups in total. The summed E-state index contributed by atoms with van der Waals surface area (Å²) < 4.78 is 44.4. The van der Waals surface area contributed by atoms with Crippen LogP contribution in [-0.2, 0) is 21.3 Å². The van der Waals surface area contributed by atoms with E-state index in [2.05, 4.69) is 10.3 Å². The first-order valence-electron chi connectivity index (χ1n) is 10.6. The molecule has 0 spiro atoms. The van der Waals surface area contributed by atoms with Crippen LogP contribution in [0.4, 0.5) is 0 Å². The van der Waals surface area contributed by atoms with Gasteiger partial charge in [0.05, 0.1) is 32.3 Å². The van der Waals surface area contributed by atoms with Crippen LogP contribution in [0.3, 0.4) is 0 Å². The van der Waals surface area contributed by atoms with E-state index in [0.717, 1.165) is 5.56 Å². The Morgan fingerprint density at radius 2 is 1.76 bits per heavy atom. The lowest BCUT2D eigenvalue weighted by atomic mass is 10.2. The number of imidazole rings is 1. The number of amides is 1. The van der Waals surface area contributed by atoms with Gasteiger partial charge >= 0.3 is 0 Å². The molecule has 3 aromatic rings. The number of ether oxygens (including phenoxy) is 3. The lowest BCUT2D eigenvalue weighted by Crippen LogP contribution is -2.40. The lowest BCUT2D eigenvalue weighted by molar-refractivity contribution is 0.0730. The number of hydrogen-bond donors (Lipinski definition) is 1. The van der Waals surface area contributed by atoms with Gasteiger partial charge in [0.1, 0.15) is 12.0 Å². The lowest BCUT2D eigenvalue weighted by Gasteiger charge is -2.26. The summed E-state index contributed by atoms with van der Waals surface area (Å²) in [4.78, 5) is 17.0. The van der Waals surface area contributed by atoms with E-state index in [1.165, 1.54) is 10.6 Å². The largest absolute Gasteiger partial charge is 0.493 e. The molecular weight excluding hydrogens is 460 g/mol. The molecule has 11 heteroatoms. The molecule has 2 heterocycles. The standard InChI is InChI=1S/C23H26N4O6S/c1-31-21-8-3-17(13-22(21)32-2)14-24-23(28)20-15-26(16-25-20)18-4-6-19(7-5-18)34(29,30)27-9-11-33-12-10-27/h3-8,13,15-16H,9-12,14H2,1-2H3,(H,24,28). The molecule has 34 heavy (non-hydrogen) atoms. The normalized spacial score (nSPS) is 14.5. The van der Waals surface area contributed by atoms with E-state index in [4.69, 9.17) is 14.2 Å². The maximum absolute atomic E-state index is 12.8. The zero-order valence-electron chi connectivity index (χ0n) is 18.9. The Balaban J connectivity index is 1.41. The van der Waals surface area contributed by atoms with Crippen molar-refractivity contribution in [1.29, 1.82) is 0 Å². The number of carbonyl (C=O) groups is 1. The summed E-state index contributed by atoms with van der Waals surface area (Å²) in [6, 6.07) is 11.9. The third kappa shape index (κ3) is 5.06. The van der Waals surface area contributed by atoms with Gasteiger partial charge in [0.25, 0.3) is 5.91 Å². The fourth-order valence-electron chi connectivity index (χ4n) is 3.57. The van der Waals surface area contributed by atoms with E-state index < -0.39 is 10.0 Å². The second kappa shape index (κ2) is 10.2. The Labute approximate surface area is 198 Å². The van der Waals surface area contributed by atoms with E-state index in [1.54, 1.807) is 61.4 Å². The van der Waals surface area contributed by atoms with Crippen LogP contribution in [0.2, 0.25) is 0 Å². The van der Waals surface area contributed by atoms with E-state index in [9.17, 15) is 13.2 Å². The van der Waals surface area contributed by atoms with Crippen LogP contribution < -0.4 is 14.8 Å². The average molecular weight is 487 g/mol. The molecule has 0 saturated carbocycles. The van der Waals surface area contributed by atoms with Gasteiger partial charge in [0.15, 0.2) is 11.5 Å². The van der Waals surface area contributed by atoms with Crippen LogP contribution in [0.25, 0.3) is 5.69 Å². The van der Waals surface area contributed by atoms with Crippen LogP contribution in [0.1, 0.15) is 16.1 Å². The molecule has 10 nitrogen and oxygen atoms in total. The zero-order valence-corrected chi connectivity index (χ0v) is 19.7. The summed E-state index contributed by atoms with van der Waals surface area (Å²) in [7, 11) is -0.450. The number of hydrogen-bond acceptors (Lipinski definition) is 7. The van der Waals surface area contributed by atoms with Crippen molar-refractivity contribution in [2.24, 2.45) is 0 Å². The SMILES string of the molecule is COc1ccc(CNC(=O)c2cn(-c3ccc(S(=O)(=O)N4CCOCC4)cc3)cn2)cc1OC. The van der Waals surface area contributed by atoms with Gasteiger partial charge in [-0.25, -0.2) is 13.4 Å². The fourth-order valence-corrected chi connectivity index (χ4v) is 4.98. The van der Waals surface area contributed by atoms with Crippen molar-refractivity contribution in [1.82, 2.24) is 19.2 Å². The zero-order chi connectivity index (χ0) is 24.1. The average Bonchev–Trinajstić information content (AvgIpc) is 3.38. The van der Waals surface area contributed by atoms with Crippen molar-refractivity contribution < 1.29 is 27.4 Å². The summed E-state index contributed by atoms with van der Waals surface area (Å²) in [5, 5.41) is 2.83. The molecule has 1 aliphatic heterocycles. The number of methoxy groups -OCH3 is 2. The monoisotopic (exact) mass is 486 g/mol. The Hall–Kier alpha value is -3.41. The van der Waals surface area contributed by atoms with E-state index in [-0.39, 0.29) is 16.5 Å². The predicted molar refractivity (Wildman–Crippen MR) is 124 cm³/mol. The number of aromatic nitrogens is 2. The van der Waals surface area contributed by atoms with Crippen LogP contribution >= 0.6 is 0 Å². The third-order valence-electron chi connectivity index (χ3n) is 5.46. The molecule has 1 aromatic heterocycles. The van der Waals surface area contributed by atoms with Gasteiger partial charge in [0.2, 0.25) is 10.0 Å². The van der Waals surface area contributed by atoms with Crippen molar-refractivity contribution in [2.75, 3.05) is 40.5 Å². The highest BCUT2D eigenvalue weighted by Gasteiger charge is 2.26. The Morgan fingerprint density at radius 3 is 2.44 bits per heavy atom. The van der Waals surface area contributed by atoms with Gasteiger partial charge in [-0.05, 0) is 42.0 Å². The molecule has 1 amide bonds. The number of benzene rings is 2. The number of nitrogens with zero attached hydrogens (tertiary/aromatic N) is 3. The third-order valence-corrected chi connectivity index (χ3v) is 7.37. The van der Waals surface area contributed by atoms with Crippen molar-refractivity contribution >= 4 is 15.9 Å². The molecule has 2 aromatic carbocycles. The minimum absolute atomic E-state index is 0.214. The van der Waals surface area contributed by atoms with Crippen LogP contribution in [0.15, 0.2) is 59.9 Å². The Bertz CT molecular complexity index is 1250. The summed E-state index contributed by atoms with van der Waals surface area (Å²) in [5.74, 6) is 0.859. The number of sulfonamides is 1. The number of morpholine rings is 1. The molecule has 0 aliphatic carbocycles. The van der Waals surface area contributed by atoms with Crippen molar-refractivity contribution in [2.45, 2.75) is 11.4 Å². The summed E-state index contributed by atoms with van der Waals surface area (Å²) in [6.45, 7) is 1.76. The highest BCUT2D eigenvalue weighted by Crippen LogP contribution is 2.27. The van der Waals surface area contributed by atoms with Gasteiger partial charge in [-0.2, -0.15) is 4.31 Å². The van der Waals surface area contributed by atoms with Gasteiger partial charge in [-0.1, -0.05) is 6.07 Å². The number of carbonyl (C=O) groups excluding carboxylic acids is 1. The fraction of sp³-hybridized carbons (Fsp3) is 0.304. The van der Waals surface area contributed by atoms with Gasteiger partial charge < -0.3 is 24.1 Å². The van der Waals surface area contributed by atoms with Crippen LogP contribution in [-0.4, -0.2) is 68.7 Å². The van der Waals surface area contributed by atoms with Gasteiger partial charge in [0, 0.05) is 31.5 Å². The van der Waals surface area contributed by atoms with Crippen LogP contribution in [0.5, 0.6) is 11.5 Å². The summed E-state index contributed by atoms with van der Waals surface area (Å²) >= 11 is 0. The van der Waals surface area contributed by atoms with Crippen molar-refractivity contribution in [3.8, 4) is 17.2 Å². The molecule has 0 unspecified atom stereocenters. The maximum Gasteiger partial charge on any atom is 0.271 e. The van der Waals surface area contributed by atoms with Gasteiger partial charge in [-0.15, -0.1) is 0 Å². The molecule has 0 atom stereocenters. The molecule has 1 aliphatic rings. The molecule has 1 fully saturated rings. The number of nitrogens with one attached hydrogen (secondary N) is 1. The molecule has 180 valence electrons. The second-order valence-corrected chi connectivity index (χ2v) is 9.49. The molecule has 0 radical (unpaired) electrons. The Kier molecular flexibility index (Phi) is 7.15. The minimum Gasteiger partial charge on any atom is -0.493 e. The Morgan fingerprint density at radius 1 is 1.06 bits per heavy atom. The van der Waals surface area contributed by atoms with Crippen molar-refractivity contribution in [3.05, 3.63) is 66.2 Å². The first-order valence-corrected chi connectivity index (χ1v) is 12.1. The quantitative estimate of drug-likeness (QED) is 0.517. The molecular formula is C23H26N4O6S. The van der Waals surface area contributed by atoms with Gasteiger partial charge in [-0.3, -0.25) is 4.79 Å². The van der Waals surface area contributed by atoms with E-state index >= 15 is 0 Å². The first-order chi connectivity index (χ1) is 16.4. The molecule has 0 bridgehead atoms. The molecule has 4 rings (SSSR count). The second-order valence-electron chi connectivity index (χ2n) is 7.55. The van der Waals surface area contributed by atoms with Crippen molar-refractivity contribution in [3.63, 3.8) is 0 Å². The minimum atomic E-state index is -3.56. The highest BCUT2D eigenvalue weighted by molar-refractivity contribution is 7.89. The summed E-state index contributed by atoms with van der Waals surface area (Å²) in [6.07, 6.45) is 3.10. The molecule has 1 saturated heterocycles. The number of rotatable bonds is 8. The van der Waals surface area contributed by atoms with Crippen LogP contribution in [0, 0.1) is 0 Å². The maximum atomic E-state index is 12.8. The van der Waals surface area contributed by atoms with E-state index in [0.29, 0.717) is 50.0 Å². The predicted octanol–water partition coefficient (Wildman–Crippen LogP) is 1.84. The first kappa shape index (κ1) is 23.7. The smallest absolute Gasteiger partial charge is 0.271 e. The summed E-state index contributed by atoms with van der Waals surface area (Å²) in [5.41, 5.74) is 1.78.